The molecule has 0 radical (unpaired) electrons. The maximum absolute atomic E-state index is 13.8. The maximum Gasteiger partial charge on any atom is 0.376 e. The molecule has 6 N–H and O–H groups in total. The van der Waals surface area contributed by atoms with E-state index in [0.717, 1.165) is 29.0 Å². The summed E-state index contributed by atoms with van der Waals surface area (Å²) < 4.78 is 56.7. The molecule has 1 aromatic heterocycles. The summed E-state index contributed by atoms with van der Waals surface area (Å²) in [5, 5.41) is 8.75. The molecule has 0 aliphatic heterocycles. The van der Waals surface area contributed by atoms with Crippen LogP contribution in [0.15, 0.2) is 126 Å². The molecule has 9 nitrogen and oxygen atoms in total. The zero-order valence-corrected chi connectivity index (χ0v) is 29.0. The minimum atomic E-state index is -3.35. The van der Waals surface area contributed by atoms with Crippen LogP contribution in [0.1, 0.15) is 39.1 Å². The largest absolute Gasteiger partial charge is 0.462 e. The van der Waals surface area contributed by atoms with Gasteiger partial charge in [-0.2, -0.15) is 17.6 Å². The number of ether oxygens (including phenoxy) is 1. The second kappa shape index (κ2) is 22.0. The summed E-state index contributed by atoms with van der Waals surface area (Å²) in [5.74, 6) is 1.17. The molecule has 0 spiro atoms. The third-order valence-corrected chi connectivity index (χ3v) is 6.91. The Balaban J connectivity index is 0.000000389. The number of carbonyl (C=O) groups is 1. The number of hydrazine groups is 1. The Morgan fingerprint density at radius 3 is 1.70 bits per heavy atom. The van der Waals surface area contributed by atoms with Crippen molar-refractivity contribution < 1.29 is 32.6 Å². The van der Waals surface area contributed by atoms with Gasteiger partial charge < -0.3 is 10.2 Å². The number of hydrogen-bond donors (Lipinski definition) is 2. The molecule has 14 heteroatoms. The summed E-state index contributed by atoms with van der Waals surface area (Å²) in [6, 6.07) is 38.5. The highest BCUT2D eigenvalue weighted by Crippen LogP contribution is 2.31. The van der Waals surface area contributed by atoms with Gasteiger partial charge in [-0.25, -0.2) is 9.79 Å². The third kappa shape index (κ3) is 13.9. The number of carbonyl (C=O) groups excluding carboxylic acids is 1. The zero-order valence-electron chi connectivity index (χ0n) is 28.1. The first-order chi connectivity index (χ1) is 23.5. The number of halogens is 4. The number of hydrogen-bond acceptors (Lipinski definition) is 8. The minimum Gasteiger partial charge on any atom is -0.462 e. The summed E-state index contributed by atoms with van der Waals surface area (Å²) in [7, 11) is 0. The van der Waals surface area contributed by atoms with Crippen molar-refractivity contribution in [3.8, 4) is 17.1 Å². The van der Waals surface area contributed by atoms with Crippen molar-refractivity contribution in [2.24, 2.45) is 16.7 Å². The van der Waals surface area contributed by atoms with Crippen LogP contribution in [0.4, 0.5) is 23.2 Å². The predicted octanol–water partition coefficient (Wildman–Crippen LogP) is 7.76. The van der Waals surface area contributed by atoms with E-state index < -0.39 is 17.8 Å². The maximum atomic E-state index is 13.8. The minimum absolute atomic E-state index is 0. The molecule has 0 saturated heterocycles. The molecule has 4 aromatic carbocycles. The highest BCUT2D eigenvalue weighted by atomic mass is 32.2. The summed E-state index contributed by atoms with van der Waals surface area (Å²) in [4.78, 5) is 14.8. The fraction of sp³-hybridized carbons (Fsp3) is 0.222. The van der Waals surface area contributed by atoms with Gasteiger partial charge in [-0.05, 0) is 36.9 Å². The van der Waals surface area contributed by atoms with Crippen molar-refractivity contribution in [3.05, 3.63) is 133 Å². The molecule has 0 aliphatic carbocycles. The molecule has 5 aromatic rings. The molecule has 50 heavy (non-hydrogen) atoms. The lowest BCUT2D eigenvalue weighted by atomic mass is 10.2. The second-order valence-corrected chi connectivity index (χ2v) is 11.2. The van der Waals surface area contributed by atoms with Gasteiger partial charge in [0, 0.05) is 30.7 Å². The number of aliphatic imine (C=N–C) groups is 1. The number of rotatable bonds is 8. The average Bonchev–Trinajstić information content (AvgIpc) is 3.58. The standard InChI is InChI=1S/C16H13F2N3.C15H15NS.C5H8F2O2.H4N2.H2O/c1-16(17,18)15-20-19-14(12-8-4-2-5-9-12)21(15)13-10-6-3-7-11-13;1-2-17-15(13-9-5-3-6-10-13)16-14-11-7-4-8-12-14;1-3-9-4(8)5(2,6)7;1-2;/h2-11H,1H3;3-12H,2H2,1H3;3H2,1-2H3;1-2H2;1H2. The van der Waals surface area contributed by atoms with E-state index in [-0.39, 0.29) is 17.9 Å². The lowest BCUT2D eigenvalue weighted by Crippen LogP contribution is -2.26. The monoisotopic (exact) mass is 714 g/mol. The van der Waals surface area contributed by atoms with Crippen molar-refractivity contribution in [2.75, 3.05) is 12.4 Å². The summed E-state index contributed by atoms with van der Waals surface area (Å²) in [5.41, 5.74) is 3.54. The number of thioether (sulfide) groups is 1. The highest BCUT2D eigenvalue weighted by molar-refractivity contribution is 8.14. The third-order valence-electron chi connectivity index (χ3n) is 6.02. The average molecular weight is 715 g/mol. The van der Waals surface area contributed by atoms with Crippen molar-refractivity contribution in [1.29, 1.82) is 0 Å². The molecule has 268 valence electrons. The van der Waals surface area contributed by atoms with Gasteiger partial charge in [0.05, 0.1) is 12.3 Å². The summed E-state index contributed by atoms with van der Waals surface area (Å²) in [6.07, 6.45) is 0. The summed E-state index contributed by atoms with van der Waals surface area (Å²) >= 11 is 1.77. The number of benzene rings is 4. The van der Waals surface area contributed by atoms with Gasteiger partial charge in [-0.1, -0.05) is 104 Å². The Labute approximate surface area is 293 Å². The molecule has 0 atom stereocenters. The SMILES string of the molecule is CC(F)(F)c1nnc(-c2ccccc2)n1-c1ccccc1.CCOC(=O)C(C)(F)F.CCSC(=Nc1ccccc1)c1ccccc1.NN.O. The Bertz CT molecular complexity index is 1690. The van der Waals surface area contributed by atoms with Gasteiger partial charge in [-0.3, -0.25) is 16.3 Å². The zero-order chi connectivity index (χ0) is 36.3. The second-order valence-electron chi connectivity index (χ2n) is 9.93. The lowest BCUT2D eigenvalue weighted by Gasteiger charge is -2.14. The lowest BCUT2D eigenvalue weighted by molar-refractivity contribution is -0.168. The topological polar surface area (TPSA) is 153 Å². The first kappa shape index (κ1) is 43.1. The number of para-hydroxylation sites is 2. The van der Waals surface area contributed by atoms with Gasteiger partial charge in [0.25, 0.3) is 0 Å². The van der Waals surface area contributed by atoms with Crippen molar-refractivity contribution in [2.45, 2.75) is 39.5 Å². The van der Waals surface area contributed by atoms with Crippen LogP contribution >= 0.6 is 11.8 Å². The Morgan fingerprint density at radius 2 is 1.26 bits per heavy atom. The molecule has 0 bridgehead atoms. The molecule has 5 rings (SSSR count). The van der Waals surface area contributed by atoms with E-state index in [2.05, 4.69) is 45.7 Å². The van der Waals surface area contributed by atoms with E-state index >= 15 is 0 Å². The van der Waals surface area contributed by atoms with Gasteiger partial charge in [0.1, 0.15) is 5.04 Å². The molecule has 0 saturated carbocycles. The number of alkyl halides is 4. The molecular formula is C36H42F4N6O3S. The fourth-order valence-electron chi connectivity index (χ4n) is 3.94. The van der Waals surface area contributed by atoms with Crippen LogP contribution in [0, 0.1) is 0 Å². The van der Waals surface area contributed by atoms with Gasteiger partial charge >= 0.3 is 17.8 Å². The predicted molar refractivity (Wildman–Crippen MR) is 193 cm³/mol. The van der Waals surface area contributed by atoms with Crippen LogP contribution in [-0.4, -0.2) is 49.5 Å². The Morgan fingerprint density at radius 1 is 0.780 bits per heavy atom. The van der Waals surface area contributed by atoms with E-state index in [0.29, 0.717) is 18.4 Å². The van der Waals surface area contributed by atoms with Crippen LogP contribution in [0.3, 0.4) is 0 Å². The number of esters is 1. The quantitative estimate of drug-likeness (QED) is 0.0416. The van der Waals surface area contributed by atoms with Gasteiger partial charge in [-0.15, -0.1) is 22.0 Å². The first-order valence-corrected chi connectivity index (χ1v) is 16.1. The van der Waals surface area contributed by atoms with Crippen LogP contribution in [-0.2, 0) is 15.5 Å². The smallest absolute Gasteiger partial charge is 0.376 e. The number of aromatic nitrogens is 3. The van der Waals surface area contributed by atoms with Crippen LogP contribution < -0.4 is 11.7 Å². The van der Waals surface area contributed by atoms with Crippen LogP contribution in [0.2, 0.25) is 0 Å². The van der Waals surface area contributed by atoms with E-state index in [9.17, 15) is 22.4 Å². The molecule has 0 aliphatic rings. The first-order valence-electron chi connectivity index (χ1n) is 15.1. The summed E-state index contributed by atoms with van der Waals surface area (Å²) in [6.45, 7) is 4.94. The normalized spacial score (nSPS) is 10.9. The highest BCUT2D eigenvalue weighted by Gasteiger charge is 2.34. The fourth-order valence-corrected chi connectivity index (χ4v) is 4.69. The Kier molecular flexibility index (Phi) is 18.9. The Hall–Kier alpha value is -4.89. The van der Waals surface area contributed by atoms with Crippen molar-refractivity contribution in [1.82, 2.24) is 14.8 Å². The molecule has 0 unspecified atom stereocenters. The van der Waals surface area contributed by atoms with E-state index in [1.165, 1.54) is 17.1 Å². The van der Waals surface area contributed by atoms with Crippen LogP contribution in [0.25, 0.3) is 17.1 Å². The van der Waals surface area contributed by atoms with Gasteiger partial charge in [0.2, 0.25) is 5.82 Å². The molecular weight excluding hydrogens is 672 g/mol. The number of nitrogens with zero attached hydrogens (tertiary/aromatic N) is 4. The molecule has 1 heterocycles. The van der Waals surface area contributed by atoms with Gasteiger partial charge in [0.15, 0.2) is 5.82 Å². The van der Waals surface area contributed by atoms with Crippen molar-refractivity contribution >= 4 is 28.5 Å². The van der Waals surface area contributed by atoms with E-state index in [4.69, 9.17) is 4.99 Å². The molecule has 0 amide bonds. The van der Waals surface area contributed by atoms with E-state index in [1.54, 1.807) is 36.0 Å². The van der Waals surface area contributed by atoms with Crippen molar-refractivity contribution in [3.63, 3.8) is 0 Å². The number of nitrogens with two attached hydrogens (primary N) is 2. The van der Waals surface area contributed by atoms with E-state index in [1.807, 2.05) is 84.9 Å². The van der Waals surface area contributed by atoms with Crippen LogP contribution in [0.5, 0.6) is 0 Å². The molecule has 0 fully saturated rings.